The maximum atomic E-state index is 14.0. The maximum Gasteiger partial charge on any atom is 0.234 e. The Bertz CT molecular complexity index is 2740. The Kier molecular flexibility index (Phi) is 34.1. The minimum atomic E-state index is -2.25. The molecule has 20 unspecified atom stereocenters. The molecule has 4 amide bonds. The lowest BCUT2D eigenvalue weighted by molar-refractivity contribution is -0.393. The van der Waals surface area contributed by atoms with Gasteiger partial charge in [0.25, 0.3) is 0 Å². The third-order valence-corrected chi connectivity index (χ3v) is 23.0. The van der Waals surface area contributed by atoms with Gasteiger partial charge in [-0.05, 0) is 83.3 Å². The number of aliphatic hydroxyl groups excluding tert-OH is 17. The number of likely N-dealkylation sites (tertiary alicyclic amines) is 1. The first-order valence-corrected chi connectivity index (χ1v) is 37.8. The number of hydrogen-bond acceptors (Lipinski definition) is 35. The highest BCUT2D eigenvalue weighted by Crippen LogP contribution is 2.45. The molecule has 21 N–H and O–H groups in total. The molecule has 7 aliphatic heterocycles. The average Bonchev–Trinajstić information content (AvgIpc) is 0.919. The van der Waals surface area contributed by atoms with Crippen molar-refractivity contribution in [3.8, 4) is 0 Å². The Balaban J connectivity index is 0.803. The number of ether oxygens (including phenoxy) is 12. The second-order valence-electron chi connectivity index (χ2n) is 28.9. The first kappa shape index (κ1) is 88.3. The number of imide groups is 1. The van der Waals surface area contributed by atoms with Crippen molar-refractivity contribution in [2.45, 2.75) is 307 Å². The Hall–Kier alpha value is -3.26. The fraction of sp³-hybridized carbons (Fsp3) is 0.925. The molecule has 0 aromatic rings. The van der Waals surface area contributed by atoms with E-state index in [1.807, 2.05) is 0 Å². The lowest BCUT2D eigenvalue weighted by atomic mass is 9.81. The van der Waals surface area contributed by atoms with Gasteiger partial charge in [-0.25, -0.2) is 0 Å². The predicted molar refractivity (Wildman–Crippen MR) is 361 cm³/mol. The molecule has 106 heavy (non-hydrogen) atoms. The molecule has 1 aliphatic carbocycles. The van der Waals surface area contributed by atoms with E-state index >= 15 is 0 Å². The number of carbonyl (C=O) groups is 4. The SMILES string of the molecule is CCCCCC(C)(SCCCC(=N)NC)C1CC(=O)N(CC2CCC(C(=O)NCCCCCO[C@@H]3OC(CO)[C@@H](O[C@@H]4OC(CO)[C@H](O[C@H]5OC(CO)[C@H](O)C(O[C@@H]6OC(CO)[C@H](O)C(O[C@@H]7OC(CO)[C@H](O)C(O)C7O[C@@H]7OC(C)[C@@H](O)C(O)C7O)C6NC(C)=O)C5O)C(O)C4O)C(O)C3O)CC2)C1=O. The van der Waals surface area contributed by atoms with Gasteiger partial charge in [-0.3, -0.25) is 29.5 Å². The van der Waals surface area contributed by atoms with Crippen LogP contribution in [0.4, 0.5) is 0 Å². The van der Waals surface area contributed by atoms with E-state index in [2.05, 4.69) is 29.8 Å². The van der Waals surface area contributed by atoms with Crippen LogP contribution in [0.2, 0.25) is 0 Å². The molecule has 7 heterocycles. The molecule has 0 aromatic carbocycles. The molecule has 7 saturated heterocycles. The Labute approximate surface area is 618 Å². The normalized spacial score (nSPS) is 42.3. The van der Waals surface area contributed by atoms with Crippen LogP contribution in [0.1, 0.15) is 118 Å². The van der Waals surface area contributed by atoms with Gasteiger partial charge < -0.3 is 160 Å². The van der Waals surface area contributed by atoms with Gasteiger partial charge in [-0.15, -0.1) is 0 Å². The standard InChI is InChI=1S/C67H115N5O33S/c1-6-7-9-18-67(4,106-21-12-13-39(68)69-5)33-22-40(79)72(60(33)93)23-31-14-16-32(17-15-31)59(92)70-19-10-8-11-20-94-62-51(89)48(86)54(37(27-76)99-62)101-64-52(90)49(87)55(38(28-77)100-64)102-65-53(91)57(45(83)36(26-75)97-65)104-61-41(71-30(3)78)56(44(82)35(25-74)96-61)103-66-58(47(85)43(81)34(24-73)98-66)105-63-50(88)46(84)42(80)29(2)95-63/h29,31-38,41-58,61-66,73-77,80-91H,6-28H2,1-5H3,(H2,68,69)(H,70,92)(H,71,78)/t29?,31?,32?,33?,34?,35?,36?,37?,38?,41?,42-,43+,44+,45+,46?,47?,48?,49?,50?,51?,52?,53?,54-,55+,56?,57?,58?,61+,62-,63+,64+,65-,66+,67?/m1/s1. The topological polar surface area (TPSA) is 586 Å². The number of nitrogens with one attached hydrogen (secondary N) is 4. The molecular formula is C67H115N5O33S. The molecule has 8 aliphatic rings. The number of carbonyl (C=O) groups excluding carboxylic acids is 4. The Morgan fingerprint density at radius 1 is 0.557 bits per heavy atom. The van der Waals surface area contributed by atoms with E-state index in [0.717, 1.165) is 44.8 Å². The molecule has 39 heteroatoms. The van der Waals surface area contributed by atoms with Gasteiger partial charge in [-0.2, -0.15) is 11.8 Å². The summed E-state index contributed by atoms with van der Waals surface area (Å²) in [6.07, 6.45) is -44.7. The molecule has 0 radical (unpaired) electrons. The smallest absolute Gasteiger partial charge is 0.234 e. The van der Waals surface area contributed by atoms with Gasteiger partial charge in [0.05, 0.1) is 50.9 Å². The van der Waals surface area contributed by atoms with Gasteiger partial charge in [0.2, 0.25) is 23.6 Å². The largest absolute Gasteiger partial charge is 0.394 e. The summed E-state index contributed by atoms with van der Waals surface area (Å²) >= 11 is 1.74. The molecule has 1 saturated carbocycles. The zero-order chi connectivity index (χ0) is 77.6. The highest BCUT2D eigenvalue weighted by Gasteiger charge is 2.59. The number of nitrogens with zero attached hydrogens (tertiary/aromatic N) is 1. The summed E-state index contributed by atoms with van der Waals surface area (Å²) in [5.41, 5.74) is 0. The van der Waals surface area contributed by atoms with E-state index in [1.54, 1.807) is 18.8 Å². The van der Waals surface area contributed by atoms with Crippen molar-refractivity contribution in [2.75, 3.05) is 65.5 Å². The van der Waals surface area contributed by atoms with Crippen LogP contribution >= 0.6 is 11.8 Å². The summed E-state index contributed by atoms with van der Waals surface area (Å²) in [5.74, 6) is -0.524. The quantitative estimate of drug-likeness (QED) is 0.0120. The number of amidine groups is 1. The molecule has 32 atom stereocenters. The van der Waals surface area contributed by atoms with Gasteiger partial charge in [0.15, 0.2) is 37.7 Å². The van der Waals surface area contributed by atoms with Gasteiger partial charge >= 0.3 is 0 Å². The zero-order valence-electron chi connectivity index (χ0n) is 60.3. The third-order valence-electron chi connectivity index (χ3n) is 21.4. The van der Waals surface area contributed by atoms with E-state index in [0.29, 0.717) is 70.3 Å². The lowest BCUT2D eigenvalue weighted by Gasteiger charge is -2.51. The van der Waals surface area contributed by atoms with Crippen LogP contribution in [0, 0.1) is 23.2 Å². The number of thioether (sulfide) groups is 1. The van der Waals surface area contributed by atoms with Crippen LogP contribution in [0.15, 0.2) is 0 Å². The van der Waals surface area contributed by atoms with Gasteiger partial charge in [-0.1, -0.05) is 26.2 Å². The summed E-state index contributed by atoms with van der Waals surface area (Å²) in [7, 11) is 1.73. The summed E-state index contributed by atoms with van der Waals surface area (Å²) in [6, 6.07) is -1.81. The first-order valence-electron chi connectivity index (χ1n) is 36.8. The molecule has 0 aromatic heterocycles. The molecule has 8 rings (SSSR count). The monoisotopic (exact) mass is 1550 g/mol. The van der Waals surface area contributed by atoms with Crippen LogP contribution in [0.25, 0.3) is 0 Å². The number of aliphatic hydroxyl groups is 17. The van der Waals surface area contributed by atoms with Crippen molar-refractivity contribution < 1.29 is 163 Å². The summed E-state index contributed by atoms with van der Waals surface area (Å²) < 4.78 is 69.6. The highest BCUT2D eigenvalue weighted by molar-refractivity contribution is 8.00. The van der Waals surface area contributed by atoms with Crippen molar-refractivity contribution >= 4 is 41.2 Å². The minimum absolute atomic E-state index is 0.00120. The van der Waals surface area contributed by atoms with Crippen molar-refractivity contribution in [3.05, 3.63) is 0 Å². The molecular weight excluding hydrogens is 1430 g/mol. The summed E-state index contributed by atoms with van der Waals surface area (Å²) in [4.78, 5) is 55.0. The van der Waals surface area contributed by atoms with Gasteiger partial charge in [0.1, 0.15) is 140 Å². The third kappa shape index (κ3) is 21.3. The maximum absolute atomic E-state index is 14.0. The van der Waals surface area contributed by atoms with Crippen molar-refractivity contribution in [1.29, 1.82) is 5.41 Å². The Morgan fingerprint density at radius 2 is 1.07 bits per heavy atom. The van der Waals surface area contributed by atoms with E-state index in [4.69, 9.17) is 62.3 Å². The summed E-state index contributed by atoms with van der Waals surface area (Å²) in [6.45, 7) is 2.35. The number of unbranched alkanes of at least 4 members (excludes halogenated alkanes) is 4. The Morgan fingerprint density at radius 3 is 1.67 bits per heavy atom. The van der Waals surface area contributed by atoms with Crippen LogP contribution in [-0.2, 0) is 76.0 Å². The minimum Gasteiger partial charge on any atom is -0.394 e. The number of hydrogen-bond donors (Lipinski definition) is 21. The van der Waals surface area contributed by atoms with Crippen molar-refractivity contribution in [2.24, 2.45) is 17.8 Å². The van der Waals surface area contributed by atoms with Gasteiger partial charge in [0, 0.05) is 57.2 Å². The number of amides is 4. The average molecular weight is 1550 g/mol. The zero-order valence-corrected chi connectivity index (χ0v) is 61.1. The van der Waals surface area contributed by atoms with Crippen LogP contribution in [0.5, 0.6) is 0 Å². The van der Waals surface area contributed by atoms with E-state index in [1.165, 1.54) is 11.8 Å². The van der Waals surface area contributed by atoms with Crippen molar-refractivity contribution in [3.63, 3.8) is 0 Å². The van der Waals surface area contributed by atoms with Crippen molar-refractivity contribution in [1.82, 2.24) is 20.9 Å². The van der Waals surface area contributed by atoms with Crippen LogP contribution in [-0.4, -0.2) is 376 Å². The second kappa shape index (κ2) is 41.0. The number of rotatable bonds is 36. The molecule has 0 spiro atoms. The fourth-order valence-electron chi connectivity index (χ4n) is 14.9. The lowest BCUT2D eigenvalue weighted by Crippen LogP contribution is -2.70. The van der Waals surface area contributed by atoms with E-state index in [-0.39, 0.29) is 42.6 Å². The first-order chi connectivity index (χ1) is 50.5. The molecule has 38 nitrogen and oxygen atoms in total. The fourth-order valence-corrected chi connectivity index (χ4v) is 16.3. The van der Waals surface area contributed by atoms with E-state index in [9.17, 15) is 106 Å². The second-order valence-corrected chi connectivity index (χ2v) is 30.6. The molecule has 612 valence electrons. The summed E-state index contributed by atoms with van der Waals surface area (Å²) in [5, 5.41) is 203. The highest BCUT2D eigenvalue weighted by atomic mass is 32.2. The van der Waals surface area contributed by atoms with Crippen LogP contribution < -0.4 is 16.0 Å². The predicted octanol–water partition coefficient (Wildman–Crippen LogP) is -7.39. The van der Waals surface area contributed by atoms with Crippen LogP contribution in [0.3, 0.4) is 0 Å². The molecule has 8 fully saturated rings. The molecule has 0 bridgehead atoms. The van der Waals surface area contributed by atoms with E-state index < -0.39 is 234 Å².